The third-order valence-electron chi connectivity index (χ3n) is 7.35. The second kappa shape index (κ2) is 11.2. The lowest BCUT2D eigenvalue weighted by molar-refractivity contribution is -0.148. The van der Waals surface area contributed by atoms with Crippen molar-refractivity contribution in [3.63, 3.8) is 0 Å². The number of ether oxygens (including phenoxy) is 1. The summed E-state index contributed by atoms with van der Waals surface area (Å²) in [6.07, 6.45) is 8.52. The average Bonchev–Trinajstić information content (AvgIpc) is 3.16. The van der Waals surface area contributed by atoms with Gasteiger partial charge in [0.1, 0.15) is 21.8 Å². The number of carbonyl (C=O) groups excluding carboxylic acids is 2. The molecule has 2 saturated heterocycles. The maximum Gasteiger partial charge on any atom is 0.310 e. The molecule has 0 spiro atoms. The molecular weight excluding hydrogens is 496 g/mol. The third-order valence-corrected chi connectivity index (χ3v) is 8.68. The Labute approximate surface area is 221 Å². The standard InChI is InChI=1S/C26H32N4O4S2/c1-4-34-25(33)17-9-8-12-29(15-17)22-19(16(2)20(14-27)23(31)28(22)3)13-21-24(32)30(26(35)36-21)18-10-6-5-7-11-18/h13,17-18H,4-12,15H2,1-3H3/b21-13+. The quantitative estimate of drug-likeness (QED) is 0.323. The summed E-state index contributed by atoms with van der Waals surface area (Å²) in [5, 5.41) is 9.73. The summed E-state index contributed by atoms with van der Waals surface area (Å²) in [5.74, 6) is -0.0549. The van der Waals surface area contributed by atoms with Crippen LogP contribution in [0.15, 0.2) is 9.70 Å². The van der Waals surface area contributed by atoms with Crippen molar-refractivity contribution < 1.29 is 14.3 Å². The number of anilines is 1. The van der Waals surface area contributed by atoms with E-state index in [2.05, 4.69) is 0 Å². The van der Waals surface area contributed by atoms with E-state index < -0.39 is 5.56 Å². The number of piperidine rings is 1. The largest absolute Gasteiger partial charge is 0.466 e. The number of aromatic nitrogens is 1. The van der Waals surface area contributed by atoms with Gasteiger partial charge in [-0.25, -0.2) is 0 Å². The molecule has 0 N–H and O–H groups in total. The van der Waals surface area contributed by atoms with E-state index in [4.69, 9.17) is 17.0 Å². The zero-order chi connectivity index (χ0) is 26.0. The van der Waals surface area contributed by atoms with Gasteiger partial charge in [0, 0.05) is 31.7 Å². The molecule has 3 heterocycles. The Morgan fingerprint density at radius 2 is 1.94 bits per heavy atom. The van der Waals surface area contributed by atoms with Gasteiger partial charge in [0.05, 0.1) is 17.4 Å². The van der Waals surface area contributed by atoms with Crippen LogP contribution in [0.25, 0.3) is 6.08 Å². The number of thiocarbonyl (C=S) groups is 1. The highest BCUT2D eigenvalue weighted by Gasteiger charge is 2.38. The Kier molecular flexibility index (Phi) is 8.20. The van der Waals surface area contributed by atoms with E-state index in [1.807, 2.05) is 11.0 Å². The first kappa shape index (κ1) is 26.4. The first-order valence-electron chi connectivity index (χ1n) is 12.6. The van der Waals surface area contributed by atoms with E-state index in [-0.39, 0.29) is 29.4 Å². The molecule has 3 aliphatic rings. The van der Waals surface area contributed by atoms with Crippen molar-refractivity contribution in [1.82, 2.24) is 9.47 Å². The normalized spacial score (nSPS) is 22.3. The van der Waals surface area contributed by atoms with Crippen molar-refractivity contribution >= 4 is 52.1 Å². The lowest BCUT2D eigenvalue weighted by Gasteiger charge is -2.35. The van der Waals surface area contributed by atoms with E-state index in [9.17, 15) is 19.6 Å². The Bertz CT molecular complexity index is 1210. The molecule has 1 aliphatic carbocycles. The van der Waals surface area contributed by atoms with E-state index in [1.54, 1.807) is 31.9 Å². The molecule has 192 valence electrons. The van der Waals surface area contributed by atoms with Crippen LogP contribution in [0.2, 0.25) is 0 Å². The molecule has 3 fully saturated rings. The summed E-state index contributed by atoms with van der Waals surface area (Å²) >= 11 is 6.88. The zero-order valence-corrected chi connectivity index (χ0v) is 22.7. The van der Waals surface area contributed by atoms with Crippen LogP contribution in [0.5, 0.6) is 0 Å². The smallest absolute Gasteiger partial charge is 0.310 e. The van der Waals surface area contributed by atoms with Crippen molar-refractivity contribution in [3.8, 4) is 6.07 Å². The number of esters is 1. The summed E-state index contributed by atoms with van der Waals surface area (Å²) in [6, 6.07) is 2.17. The Morgan fingerprint density at radius 3 is 2.61 bits per heavy atom. The minimum Gasteiger partial charge on any atom is -0.466 e. The predicted octanol–water partition coefficient (Wildman–Crippen LogP) is 3.88. The van der Waals surface area contributed by atoms with Gasteiger partial charge in [-0.3, -0.25) is 23.9 Å². The Balaban J connectivity index is 1.77. The molecule has 4 rings (SSSR count). The van der Waals surface area contributed by atoms with Crippen molar-refractivity contribution in [2.45, 2.75) is 64.8 Å². The van der Waals surface area contributed by atoms with Gasteiger partial charge in [0.15, 0.2) is 0 Å². The number of thioether (sulfide) groups is 1. The van der Waals surface area contributed by atoms with Gasteiger partial charge >= 0.3 is 5.97 Å². The highest BCUT2D eigenvalue weighted by atomic mass is 32.2. The Hall–Kier alpha value is -2.64. The zero-order valence-electron chi connectivity index (χ0n) is 21.0. The number of nitriles is 1. The lowest BCUT2D eigenvalue weighted by atomic mass is 9.94. The van der Waals surface area contributed by atoms with Crippen LogP contribution in [-0.4, -0.2) is 51.4 Å². The molecule has 0 radical (unpaired) electrons. The van der Waals surface area contributed by atoms with Crippen molar-refractivity contribution in [2.24, 2.45) is 13.0 Å². The van der Waals surface area contributed by atoms with E-state index in [1.165, 1.54) is 22.7 Å². The van der Waals surface area contributed by atoms with Crippen LogP contribution in [0.4, 0.5) is 5.82 Å². The number of hydrogen-bond acceptors (Lipinski definition) is 8. The number of nitrogens with zero attached hydrogens (tertiary/aromatic N) is 4. The Morgan fingerprint density at radius 1 is 1.22 bits per heavy atom. The molecule has 36 heavy (non-hydrogen) atoms. The minimum atomic E-state index is -0.393. The van der Waals surface area contributed by atoms with Gasteiger partial charge in [-0.15, -0.1) is 0 Å². The van der Waals surface area contributed by atoms with Crippen molar-refractivity contribution in [1.29, 1.82) is 5.26 Å². The highest BCUT2D eigenvalue weighted by molar-refractivity contribution is 8.26. The van der Waals surface area contributed by atoms with E-state index in [0.29, 0.717) is 52.3 Å². The van der Waals surface area contributed by atoms with Gasteiger partial charge in [-0.05, 0) is 51.2 Å². The first-order chi connectivity index (χ1) is 17.3. The van der Waals surface area contributed by atoms with Crippen molar-refractivity contribution in [3.05, 3.63) is 31.9 Å². The van der Waals surface area contributed by atoms with Crippen molar-refractivity contribution in [2.75, 3.05) is 24.6 Å². The van der Waals surface area contributed by atoms with Gasteiger partial charge in [0.25, 0.3) is 11.5 Å². The molecule has 2 aliphatic heterocycles. The first-order valence-corrected chi connectivity index (χ1v) is 13.8. The van der Waals surface area contributed by atoms with Crippen LogP contribution in [0.1, 0.15) is 68.6 Å². The molecule has 1 aromatic rings. The highest BCUT2D eigenvalue weighted by Crippen LogP contribution is 2.39. The van der Waals surface area contributed by atoms with E-state index in [0.717, 1.165) is 32.1 Å². The molecule has 1 atom stereocenters. The molecule has 1 saturated carbocycles. The summed E-state index contributed by atoms with van der Waals surface area (Å²) in [7, 11) is 1.64. The fourth-order valence-electron chi connectivity index (χ4n) is 5.48. The van der Waals surface area contributed by atoms with Crippen LogP contribution in [0, 0.1) is 24.2 Å². The monoisotopic (exact) mass is 528 g/mol. The maximum atomic E-state index is 13.5. The van der Waals surface area contributed by atoms with Crippen LogP contribution in [-0.2, 0) is 21.4 Å². The van der Waals surface area contributed by atoms with Crippen LogP contribution >= 0.6 is 24.0 Å². The molecule has 1 aromatic heterocycles. The molecule has 8 nitrogen and oxygen atoms in total. The van der Waals surface area contributed by atoms with Gasteiger partial charge in [-0.1, -0.05) is 43.2 Å². The lowest BCUT2D eigenvalue weighted by Crippen LogP contribution is -2.42. The van der Waals surface area contributed by atoms with Crippen LogP contribution < -0.4 is 10.5 Å². The second-order valence-corrected chi connectivity index (χ2v) is 11.3. The molecule has 1 amide bonds. The van der Waals surface area contributed by atoms with Gasteiger partial charge < -0.3 is 9.64 Å². The summed E-state index contributed by atoms with van der Waals surface area (Å²) in [5.41, 5.74) is 0.823. The number of pyridine rings is 1. The van der Waals surface area contributed by atoms with Crippen LogP contribution in [0.3, 0.4) is 0 Å². The third kappa shape index (κ3) is 4.96. The molecule has 0 bridgehead atoms. The number of amides is 1. The van der Waals surface area contributed by atoms with Gasteiger partial charge in [-0.2, -0.15) is 5.26 Å². The van der Waals surface area contributed by atoms with Gasteiger partial charge in [0.2, 0.25) is 0 Å². The summed E-state index contributed by atoms with van der Waals surface area (Å²) < 4.78 is 7.28. The number of carbonyl (C=O) groups is 2. The number of hydrogen-bond donors (Lipinski definition) is 0. The fourth-order valence-corrected chi connectivity index (χ4v) is 6.86. The molecular formula is C26H32N4O4S2. The molecule has 1 unspecified atom stereocenters. The average molecular weight is 529 g/mol. The maximum absolute atomic E-state index is 13.5. The topological polar surface area (TPSA) is 95.6 Å². The fraction of sp³-hybridized carbons (Fsp3) is 0.577. The predicted molar refractivity (Wildman–Crippen MR) is 145 cm³/mol. The number of rotatable bonds is 5. The molecule has 10 heteroatoms. The van der Waals surface area contributed by atoms with E-state index >= 15 is 0 Å². The molecule has 0 aromatic carbocycles. The minimum absolute atomic E-state index is 0.0502. The summed E-state index contributed by atoms with van der Waals surface area (Å²) in [6.45, 7) is 4.90. The SMILES string of the molecule is CCOC(=O)C1CCCN(c2c(/C=C3/SC(=S)N(C4CCCCC4)C3=O)c(C)c(C#N)c(=O)n2C)C1. The summed E-state index contributed by atoms with van der Waals surface area (Å²) in [4.78, 5) is 43.3. The second-order valence-electron chi connectivity index (χ2n) is 9.59.